The zero-order valence-electron chi connectivity index (χ0n) is 73.7. The van der Waals surface area contributed by atoms with E-state index < -0.39 is 0 Å². The molecule has 0 bridgehead atoms. The Morgan fingerprint density at radius 3 is 0.786 bits per heavy atom. The van der Waals surface area contributed by atoms with Crippen LogP contribution in [0.2, 0.25) is 0 Å². The molecular weight excluding hydrogens is 1350 g/mol. The Morgan fingerprint density at radius 1 is 0.116 bits per heavy atom. The molecule has 18 rings (SSSR count). The molecule has 0 heterocycles. The van der Waals surface area contributed by atoms with E-state index in [4.69, 9.17) is 0 Å². The molecule has 0 spiro atoms. The monoisotopic (exact) mass is 1480 g/mol. The molecule has 0 aliphatic heterocycles. The first kappa shape index (κ1) is 91.7. The largest absolute Gasteiger partial charge is 0.0683 e. The molecule has 0 aliphatic rings. The highest BCUT2D eigenvalue weighted by Gasteiger charge is 2.10. The lowest BCUT2D eigenvalue weighted by atomic mass is 9.93. The molecule has 0 aliphatic carbocycles. The summed E-state index contributed by atoms with van der Waals surface area (Å²) in [5.41, 5.74) is 16.2. The van der Waals surface area contributed by atoms with Gasteiger partial charge in [-0.3, -0.25) is 0 Å². The summed E-state index contributed by atoms with van der Waals surface area (Å²) in [6, 6.07) is 105. The van der Waals surface area contributed by atoms with Gasteiger partial charge in [0.05, 0.1) is 0 Å². The predicted octanol–water partition coefficient (Wildman–Crippen LogP) is 35.9. The van der Waals surface area contributed by atoms with E-state index >= 15 is 0 Å². The van der Waals surface area contributed by atoms with Crippen LogP contribution in [0.1, 0.15) is 178 Å². The summed E-state index contributed by atoms with van der Waals surface area (Å²) in [6.07, 6.45) is 0. The van der Waals surface area contributed by atoms with Crippen molar-refractivity contribution in [2.24, 2.45) is 0 Å². The summed E-state index contributed by atoms with van der Waals surface area (Å²) in [6.45, 7) is 58.0. The number of hydrogen-bond acceptors (Lipinski definition) is 0. The van der Waals surface area contributed by atoms with Crippen LogP contribution in [-0.4, -0.2) is 0 Å². The Kier molecular flexibility index (Phi) is 38.2. The van der Waals surface area contributed by atoms with Crippen LogP contribution in [0, 0.1) is 83.1 Å². The Balaban J connectivity index is 0.000000232. The third-order valence-corrected chi connectivity index (χ3v) is 19.7. The van der Waals surface area contributed by atoms with Gasteiger partial charge < -0.3 is 0 Å². The fraction of sp³-hybridized carbons (Fsp3) is 0.250. The highest BCUT2D eigenvalue weighted by molar-refractivity contribution is 6.11. The molecule has 0 aromatic heterocycles. The minimum absolute atomic E-state index is 1.32. The predicted molar refractivity (Wildman–Crippen MR) is 516 cm³/mol. The van der Waals surface area contributed by atoms with Crippen molar-refractivity contribution in [2.75, 3.05) is 0 Å². The van der Waals surface area contributed by atoms with E-state index in [1.165, 1.54) is 196 Å². The molecule has 0 amide bonds. The Bertz CT molecular complexity index is 5590. The lowest BCUT2D eigenvalue weighted by Gasteiger charge is -2.11. The van der Waals surface area contributed by atoms with Gasteiger partial charge in [0, 0.05) is 0 Å². The molecule has 0 atom stereocenters. The summed E-state index contributed by atoms with van der Waals surface area (Å²) in [7, 11) is 0. The maximum atomic E-state index is 2.30. The van der Waals surface area contributed by atoms with Crippen LogP contribution in [0.25, 0.3) is 129 Å². The molecule has 0 radical (unpaired) electrons. The number of benzene rings is 18. The highest BCUT2D eigenvalue weighted by atomic mass is 14.1. The normalized spacial score (nSPS) is 9.96. The van der Waals surface area contributed by atoms with E-state index in [9.17, 15) is 0 Å². The first-order chi connectivity index (χ1) is 54.5. The fourth-order valence-electron chi connectivity index (χ4n) is 14.3. The standard InChI is InChI=1S/6C16H14.8C2H6/c1-11-3-7-15-13(9-11)5-6-14-10-12(2)4-8-16(14)15;1-11-3-5-13-10-16-8-12(2)4-6-14(16)9-15(13)7-11;1-11-13-7-3-5-9-15(13)12(2)16-10-6-4-8-14(11)16;1-11-6-5-9-15-12(2)14-8-4-3-7-13(14)10-16(11)15;1-11-7-8-12(2)16-10-14-6-4-3-5-13(14)9-15(11)16;1-11-7-8-13-10-12(2)14-5-3-4-6-15(14)16(13)9-11;8*1-2/h6*3-10H,1-2H3;8*1-2H3. The van der Waals surface area contributed by atoms with Crippen molar-refractivity contribution in [3.05, 3.63) is 358 Å². The number of hydrogen-bond donors (Lipinski definition) is 0. The van der Waals surface area contributed by atoms with Gasteiger partial charge in [-0.1, -0.05) is 399 Å². The van der Waals surface area contributed by atoms with E-state index in [2.05, 4.69) is 374 Å². The summed E-state index contributed by atoms with van der Waals surface area (Å²) in [5.74, 6) is 0. The van der Waals surface area contributed by atoms with E-state index in [1.807, 2.05) is 111 Å². The lowest BCUT2D eigenvalue weighted by molar-refractivity contribution is 1.47. The zero-order chi connectivity index (χ0) is 82.7. The smallest absolute Gasteiger partial charge is 0.0103 e. The summed E-state index contributed by atoms with van der Waals surface area (Å²) < 4.78 is 0. The maximum Gasteiger partial charge on any atom is -0.0103 e. The molecule has 0 nitrogen and oxygen atoms in total. The molecule has 18 aromatic rings. The number of fused-ring (bicyclic) bond motifs is 14. The van der Waals surface area contributed by atoms with Crippen molar-refractivity contribution >= 4 is 129 Å². The lowest BCUT2D eigenvalue weighted by Crippen LogP contribution is -1.87. The third kappa shape index (κ3) is 22.7. The molecule has 0 N–H and O–H groups in total. The average Bonchev–Trinajstić information content (AvgIpc) is 0.811. The average molecular weight is 1480 g/mol. The molecule has 0 fully saturated rings. The first-order valence-electron chi connectivity index (χ1n) is 41.9. The van der Waals surface area contributed by atoms with Crippen LogP contribution in [-0.2, 0) is 0 Å². The summed E-state index contributed by atoms with van der Waals surface area (Å²) >= 11 is 0. The zero-order valence-corrected chi connectivity index (χ0v) is 73.7. The van der Waals surface area contributed by atoms with Crippen LogP contribution in [0.4, 0.5) is 0 Å². The van der Waals surface area contributed by atoms with Crippen molar-refractivity contribution in [1.82, 2.24) is 0 Å². The minimum Gasteiger partial charge on any atom is -0.0683 e. The molecule has 18 aromatic carbocycles. The number of rotatable bonds is 0. The van der Waals surface area contributed by atoms with Gasteiger partial charge in [-0.15, -0.1) is 0 Å². The van der Waals surface area contributed by atoms with Gasteiger partial charge in [0.2, 0.25) is 0 Å². The van der Waals surface area contributed by atoms with Crippen LogP contribution in [0.5, 0.6) is 0 Å². The molecule has 0 saturated carbocycles. The van der Waals surface area contributed by atoms with Gasteiger partial charge in [0.1, 0.15) is 0 Å². The van der Waals surface area contributed by atoms with Gasteiger partial charge in [0.25, 0.3) is 0 Å². The highest BCUT2D eigenvalue weighted by Crippen LogP contribution is 2.35. The second-order valence-corrected chi connectivity index (χ2v) is 26.7. The summed E-state index contributed by atoms with van der Waals surface area (Å²) in [4.78, 5) is 0. The number of aryl methyl sites for hydroxylation is 12. The van der Waals surface area contributed by atoms with Crippen LogP contribution in [0.3, 0.4) is 0 Å². The Morgan fingerprint density at radius 2 is 0.366 bits per heavy atom. The third-order valence-electron chi connectivity index (χ3n) is 19.7. The fourth-order valence-corrected chi connectivity index (χ4v) is 14.3. The van der Waals surface area contributed by atoms with E-state index in [0.717, 1.165) is 0 Å². The van der Waals surface area contributed by atoms with Gasteiger partial charge >= 0.3 is 0 Å². The minimum atomic E-state index is 1.32. The van der Waals surface area contributed by atoms with Crippen LogP contribution in [0.15, 0.2) is 291 Å². The van der Waals surface area contributed by atoms with E-state index in [-0.39, 0.29) is 0 Å². The van der Waals surface area contributed by atoms with Gasteiger partial charge in [-0.2, -0.15) is 0 Å². The Labute approximate surface area is 676 Å². The van der Waals surface area contributed by atoms with E-state index in [0.29, 0.717) is 0 Å². The van der Waals surface area contributed by atoms with Crippen molar-refractivity contribution < 1.29 is 0 Å². The topological polar surface area (TPSA) is 0 Å². The van der Waals surface area contributed by atoms with Crippen LogP contribution < -0.4 is 0 Å². The van der Waals surface area contributed by atoms with Crippen LogP contribution >= 0.6 is 0 Å². The first-order valence-corrected chi connectivity index (χ1v) is 41.9. The van der Waals surface area contributed by atoms with Gasteiger partial charge in [-0.25, -0.2) is 0 Å². The van der Waals surface area contributed by atoms with E-state index in [1.54, 1.807) is 0 Å². The van der Waals surface area contributed by atoms with Crippen molar-refractivity contribution in [3.63, 3.8) is 0 Å². The SMILES string of the molecule is CC.CC.CC.CC.CC.CC.CC.CC.Cc1c2ccccc2c(C)c2ccccc12.Cc1ccc(C)c2cc3ccccc3cc12.Cc1ccc2c(ccc3cc(C)ccc32)c1.Cc1ccc2cc(C)c3ccccc3c2c1.Cc1ccc2cc3cc(C)ccc3cc2c1.Cc1cccc2c(C)c3ccccc3cc12. The van der Waals surface area contributed by atoms with Crippen molar-refractivity contribution in [1.29, 1.82) is 0 Å². The van der Waals surface area contributed by atoms with Gasteiger partial charge in [-0.05, 0) is 282 Å². The quantitative estimate of drug-likeness (QED) is 0.105. The maximum absolute atomic E-state index is 2.30. The molecule has 0 unspecified atom stereocenters. The second-order valence-electron chi connectivity index (χ2n) is 26.7. The van der Waals surface area contributed by atoms with Crippen molar-refractivity contribution in [2.45, 2.75) is 194 Å². The van der Waals surface area contributed by atoms with Gasteiger partial charge in [0.15, 0.2) is 0 Å². The molecule has 0 saturated heterocycles. The molecule has 580 valence electrons. The van der Waals surface area contributed by atoms with Crippen molar-refractivity contribution in [3.8, 4) is 0 Å². The molecule has 0 heteroatoms. The molecular formula is C112H132. The molecule has 112 heavy (non-hydrogen) atoms. The summed E-state index contributed by atoms with van der Waals surface area (Å²) in [5, 5.41) is 32.4. The Hall–Kier alpha value is -10.9. The second kappa shape index (κ2) is 46.7.